The van der Waals surface area contributed by atoms with E-state index in [-0.39, 0.29) is 11.8 Å². The van der Waals surface area contributed by atoms with Crippen LogP contribution in [-0.2, 0) is 14.3 Å². The third kappa shape index (κ3) is 7.50. The highest BCUT2D eigenvalue weighted by Crippen LogP contribution is 2.32. The number of esters is 1. The summed E-state index contributed by atoms with van der Waals surface area (Å²) in [5.41, 5.74) is 6.29. The topological polar surface area (TPSA) is 129 Å². The number of aromatic hydroxyl groups is 1. The number of benzene rings is 3. The number of aromatic amines is 1. The van der Waals surface area contributed by atoms with Gasteiger partial charge in [0, 0.05) is 68.4 Å². The SMILES string of the molecule is COCCN1CCN(CCONC(=O)c2ccc(N=C(c3ccccc3)c3c(O)[nH]c4cc(C(=O)OC)ccc34)cc2)CC1. The van der Waals surface area contributed by atoms with Crippen molar-refractivity contribution >= 4 is 34.2 Å². The molecule has 0 unspecified atom stereocenters. The maximum atomic E-state index is 12.7. The number of carbonyl (C=O) groups is 2. The van der Waals surface area contributed by atoms with Crippen LogP contribution in [0.5, 0.6) is 5.88 Å². The Balaban J connectivity index is 1.25. The van der Waals surface area contributed by atoms with Gasteiger partial charge in [-0.15, -0.1) is 0 Å². The Labute approximate surface area is 256 Å². The number of aromatic nitrogens is 1. The number of hydrogen-bond donors (Lipinski definition) is 3. The Hall–Kier alpha value is -4.55. The van der Waals surface area contributed by atoms with Crippen LogP contribution in [0.1, 0.15) is 31.8 Å². The zero-order valence-corrected chi connectivity index (χ0v) is 24.9. The number of amides is 1. The molecule has 1 saturated heterocycles. The van der Waals surface area contributed by atoms with Gasteiger partial charge in [-0.2, -0.15) is 0 Å². The number of methoxy groups -OCH3 is 2. The van der Waals surface area contributed by atoms with E-state index in [2.05, 4.69) is 20.3 Å². The summed E-state index contributed by atoms with van der Waals surface area (Å²) in [5.74, 6) is -0.892. The second kappa shape index (κ2) is 14.8. The highest BCUT2D eigenvalue weighted by Gasteiger charge is 2.20. The Kier molecular flexibility index (Phi) is 10.4. The molecule has 4 aromatic rings. The van der Waals surface area contributed by atoms with E-state index in [4.69, 9.17) is 19.3 Å². The number of rotatable bonds is 12. The van der Waals surface area contributed by atoms with Gasteiger partial charge in [0.25, 0.3) is 5.91 Å². The molecule has 1 fully saturated rings. The van der Waals surface area contributed by atoms with Crippen molar-refractivity contribution in [3.8, 4) is 5.88 Å². The summed E-state index contributed by atoms with van der Waals surface area (Å²) in [5, 5.41) is 11.6. The monoisotopic (exact) mass is 599 g/mol. The molecule has 230 valence electrons. The minimum absolute atomic E-state index is 0.0780. The number of aliphatic imine (C=N–C) groups is 1. The van der Waals surface area contributed by atoms with Gasteiger partial charge < -0.3 is 19.6 Å². The molecular formula is C33H37N5O6. The van der Waals surface area contributed by atoms with E-state index in [1.807, 2.05) is 30.3 Å². The van der Waals surface area contributed by atoms with Gasteiger partial charge in [0.2, 0.25) is 0 Å². The van der Waals surface area contributed by atoms with Gasteiger partial charge in [-0.05, 0) is 36.4 Å². The first kappa shape index (κ1) is 30.9. The number of nitrogens with one attached hydrogen (secondary N) is 2. The fraction of sp³-hybridized carbons (Fsp3) is 0.303. The lowest BCUT2D eigenvalue weighted by atomic mass is 10.00. The summed E-state index contributed by atoms with van der Waals surface area (Å²) in [7, 11) is 3.04. The lowest BCUT2D eigenvalue weighted by Gasteiger charge is -2.34. The van der Waals surface area contributed by atoms with Crippen molar-refractivity contribution in [2.24, 2.45) is 4.99 Å². The number of H-pyrrole nitrogens is 1. The largest absolute Gasteiger partial charge is 0.494 e. The van der Waals surface area contributed by atoms with Gasteiger partial charge in [-0.3, -0.25) is 19.4 Å². The molecule has 2 heterocycles. The van der Waals surface area contributed by atoms with E-state index in [1.54, 1.807) is 49.6 Å². The quantitative estimate of drug-likeness (QED) is 0.0972. The third-order valence-corrected chi connectivity index (χ3v) is 7.61. The van der Waals surface area contributed by atoms with Gasteiger partial charge in [0.15, 0.2) is 5.88 Å². The maximum absolute atomic E-state index is 12.7. The molecule has 1 aliphatic rings. The van der Waals surface area contributed by atoms with Crippen molar-refractivity contribution in [3.05, 3.63) is 95.1 Å². The Morgan fingerprint density at radius 2 is 1.52 bits per heavy atom. The number of hydrogen-bond acceptors (Lipinski definition) is 9. The molecule has 0 aliphatic carbocycles. The van der Waals surface area contributed by atoms with Crippen LogP contribution in [0.2, 0.25) is 0 Å². The summed E-state index contributed by atoms with van der Waals surface area (Å²) in [4.78, 5) is 42.7. The van der Waals surface area contributed by atoms with E-state index in [0.29, 0.717) is 45.6 Å². The molecule has 44 heavy (non-hydrogen) atoms. The first-order valence-electron chi connectivity index (χ1n) is 14.5. The van der Waals surface area contributed by atoms with Crippen molar-refractivity contribution in [2.45, 2.75) is 0 Å². The Morgan fingerprint density at radius 3 is 2.18 bits per heavy atom. The van der Waals surface area contributed by atoms with E-state index in [9.17, 15) is 14.7 Å². The van der Waals surface area contributed by atoms with Gasteiger partial charge in [-0.25, -0.2) is 15.3 Å². The standard InChI is InChI=1S/C33H37N5O6/c1-42-20-18-37-14-16-38(17-15-37)19-21-44-36-31(39)24-8-11-26(12-9-24)34-30(23-6-4-3-5-7-23)29-27-13-10-25(33(41)43-2)22-28(27)35-32(29)40/h3-13,22,35,40H,14-21H2,1-2H3,(H,36,39). The fourth-order valence-electron chi connectivity index (χ4n) is 5.15. The minimum Gasteiger partial charge on any atom is -0.494 e. The van der Waals surface area contributed by atoms with Crippen LogP contribution in [0, 0.1) is 0 Å². The first-order chi connectivity index (χ1) is 21.5. The molecule has 0 atom stereocenters. The van der Waals surface area contributed by atoms with Crippen LogP contribution in [0.25, 0.3) is 10.9 Å². The van der Waals surface area contributed by atoms with Crippen LogP contribution in [0.15, 0.2) is 77.8 Å². The Bertz CT molecular complexity index is 1590. The fourth-order valence-corrected chi connectivity index (χ4v) is 5.15. The molecule has 3 N–H and O–H groups in total. The predicted octanol–water partition coefficient (Wildman–Crippen LogP) is 3.75. The predicted molar refractivity (Wildman–Crippen MR) is 168 cm³/mol. The third-order valence-electron chi connectivity index (χ3n) is 7.61. The summed E-state index contributed by atoms with van der Waals surface area (Å²) >= 11 is 0. The lowest BCUT2D eigenvalue weighted by molar-refractivity contribution is 0.0152. The summed E-state index contributed by atoms with van der Waals surface area (Å²) in [6, 6.07) is 21.4. The van der Waals surface area contributed by atoms with Crippen LogP contribution in [0.3, 0.4) is 0 Å². The van der Waals surface area contributed by atoms with Crippen LogP contribution in [-0.4, -0.2) is 104 Å². The van der Waals surface area contributed by atoms with E-state index < -0.39 is 5.97 Å². The number of carbonyl (C=O) groups excluding carboxylic acids is 2. The molecule has 11 heteroatoms. The normalized spacial score (nSPS) is 14.5. The van der Waals surface area contributed by atoms with E-state index >= 15 is 0 Å². The highest BCUT2D eigenvalue weighted by atomic mass is 16.7. The van der Waals surface area contributed by atoms with Gasteiger partial charge in [0.05, 0.1) is 42.8 Å². The van der Waals surface area contributed by atoms with E-state index in [1.165, 1.54) is 7.11 Å². The molecule has 5 rings (SSSR count). The van der Waals surface area contributed by atoms with Crippen molar-refractivity contribution in [1.82, 2.24) is 20.3 Å². The van der Waals surface area contributed by atoms with Crippen LogP contribution < -0.4 is 5.48 Å². The van der Waals surface area contributed by atoms with Crippen molar-refractivity contribution in [1.29, 1.82) is 0 Å². The molecule has 0 spiro atoms. The Morgan fingerprint density at radius 1 is 0.864 bits per heavy atom. The summed E-state index contributed by atoms with van der Waals surface area (Å²) in [6.07, 6.45) is 0. The average molecular weight is 600 g/mol. The van der Waals surface area contributed by atoms with Gasteiger partial charge >= 0.3 is 5.97 Å². The second-order valence-electron chi connectivity index (χ2n) is 10.4. The number of fused-ring (bicyclic) bond motifs is 1. The molecule has 11 nitrogen and oxygen atoms in total. The molecule has 1 amide bonds. The first-order valence-corrected chi connectivity index (χ1v) is 14.5. The van der Waals surface area contributed by atoms with Gasteiger partial charge in [-0.1, -0.05) is 36.4 Å². The molecule has 1 aliphatic heterocycles. The molecule has 0 bridgehead atoms. The van der Waals surface area contributed by atoms with Crippen molar-refractivity contribution in [2.75, 3.05) is 66.7 Å². The molecule has 0 saturated carbocycles. The summed E-state index contributed by atoms with van der Waals surface area (Å²) in [6.45, 7) is 6.71. The lowest BCUT2D eigenvalue weighted by Crippen LogP contribution is -2.48. The zero-order valence-electron chi connectivity index (χ0n) is 24.9. The smallest absolute Gasteiger partial charge is 0.337 e. The van der Waals surface area contributed by atoms with Crippen molar-refractivity contribution in [3.63, 3.8) is 0 Å². The number of nitrogens with zero attached hydrogens (tertiary/aromatic N) is 3. The molecule has 3 aromatic carbocycles. The molecular weight excluding hydrogens is 562 g/mol. The number of ether oxygens (including phenoxy) is 2. The minimum atomic E-state index is -0.471. The number of piperazine rings is 1. The van der Waals surface area contributed by atoms with Crippen molar-refractivity contribution < 1.29 is 29.0 Å². The highest BCUT2D eigenvalue weighted by molar-refractivity contribution is 6.22. The summed E-state index contributed by atoms with van der Waals surface area (Å²) < 4.78 is 9.98. The van der Waals surface area contributed by atoms with Crippen LogP contribution >= 0.6 is 0 Å². The number of hydroxylamine groups is 1. The van der Waals surface area contributed by atoms with Gasteiger partial charge in [0.1, 0.15) is 0 Å². The van der Waals surface area contributed by atoms with E-state index in [0.717, 1.165) is 51.4 Å². The average Bonchev–Trinajstić information content (AvgIpc) is 3.39. The maximum Gasteiger partial charge on any atom is 0.337 e. The van der Waals surface area contributed by atoms with Crippen LogP contribution in [0.4, 0.5) is 5.69 Å². The second-order valence-corrected chi connectivity index (χ2v) is 10.4. The molecule has 1 aromatic heterocycles. The molecule has 0 radical (unpaired) electrons. The zero-order chi connectivity index (χ0) is 30.9.